The van der Waals surface area contributed by atoms with Crippen LogP contribution in [0.15, 0.2) is 17.7 Å². The quantitative estimate of drug-likeness (QED) is 0.107. The molecule has 0 unspecified atom stereocenters. The van der Waals surface area contributed by atoms with E-state index in [4.69, 9.17) is 4.74 Å². The third-order valence-corrected chi connectivity index (χ3v) is 4.19. The SMILES string of the molecule is Cc1cc(OC(F)(F)F)cc2c1O[C@H](C(F)(F)F)C(C(=O)OCOC(=O)OCCCCO[N+](=O)[O-])=C2. The summed E-state index contributed by atoms with van der Waals surface area (Å²) in [5.41, 5.74) is -1.56. The molecule has 0 N–H and O–H groups in total. The molecule has 1 heterocycles. The molecule has 200 valence electrons. The van der Waals surface area contributed by atoms with Crippen molar-refractivity contribution in [3.05, 3.63) is 38.9 Å². The molecule has 1 aliphatic rings. The molecule has 0 aromatic heterocycles. The Morgan fingerprint density at radius 2 is 1.72 bits per heavy atom. The van der Waals surface area contributed by atoms with E-state index in [1.807, 2.05) is 0 Å². The summed E-state index contributed by atoms with van der Waals surface area (Å²) < 4.78 is 100. The van der Waals surface area contributed by atoms with Crippen LogP contribution in [0, 0.1) is 17.0 Å². The Morgan fingerprint density at radius 3 is 2.33 bits per heavy atom. The van der Waals surface area contributed by atoms with Gasteiger partial charge in [0.05, 0.1) is 18.8 Å². The number of carbonyl (C=O) groups excluding carboxylic acids is 2. The molecule has 1 aliphatic heterocycles. The second-order valence-corrected chi connectivity index (χ2v) is 6.90. The average molecular weight is 533 g/mol. The fourth-order valence-electron chi connectivity index (χ4n) is 2.82. The fourth-order valence-corrected chi connectivity index (χ4v) is 2.82. The van der Waals surface area contributed by atoms with Crippen molar-refractivity contribution in [1.82, 2.24) is 0 Å². The number of alkyl halides is 6. The van der Waals surface area contributed by atoms with Gasteiger partial charge in [-0.2, -0.15) is 13.2 Å². The summed E-state index contributed by atoms with van der Waals surface area (Å²) in [6.07, 6.45) is -13.4. The highest BCUT2D eigenvalue weighted by Gasteiger charge is 2.49. The zero-order valence-corrected chi connectivity index (χ0v) is 18.1. The Kier molecular flexibility index (Phi) is 9.18. The van der Waals surface area contributed by atoms with E-state index in [9.17, 15) is 46.0 Å². The number of nitrogens with zero attached hydrogens (tertiary/aromatic N) is 1. The lowest BCUT2D eigenvalue weighted by molar-refractivity contribution is -0.757. The number of rotatable bonds is 10. The standard InChI is InChI=1S/C19H17F6NO10/c1-10-6-12(36-19(23,24)25)7-11-8-13(15(18(20,21)22)35-14(10)11)16(27)32-9-33-17(28)31-4-2-3-5-34-26(29)30/h6-8,15H,2-5,9H2,1H3/t15-/m0/s1. The highest BCUT2D eigenvalue weighted by atomic mass is 19.4. The Bertz CT molecular complexity index is 1010. The van der Waals surface area contributed by atoms with Crippen LogP contribution < -0.4 is 9.47 Å². The van der Waals surface area contributed by atoms with E-state index in [-0.39, 0.29) is 37.2 Å². The molecule has 0 saturated heterocycles. The van der Waals surface area contributed by atoms with Crippen molar-refractivity contribution >= 4 is 18.2 Å². The molecule has 2 rings (SSSR count). The minimum atomic E-state index is -5.12. The molecule has 1 aromatic rings. The van der Waals surface area contributed by atoms with Crippen LogP contribution in [0.4, 0.5) is 31.1 Å². The molecule has 0 fully saturated rings. The summed E-state index contributed by atoms with van der Waals surface area (Å²) in [5.74, 6) is -2.81. The molecule has 36 heavy (non-hydrogen) atoms. The van der Waals surface area contributed by atoms with Crippen LogP contribution >= 0.6 is 0 Å². The van der Waals surface area contributed by atoms with Crippen molar-refractivity contribution in [2.45, 2.75) is 38.4 Å². The highest BCUT2D eigenvalue weighted by Crippen LogP contribution is 2.41. The van der Waals surface area contributed by atoms with Gasteiger partial charge >= 0.3 is 24.7 Å². The smallest absolute Gasteiger partial charge is 0.475 e. The van der Waals surface area contributed by atoms with Gasteiger partial charge in [-0.3, -0.25) is 0 Å². The summed E-state index contributed by atoms with van der Waals surface area (Å²) in [4.78, 5) is 37.7. The predicted molar refractivity (Wildman–Crippen MR) is 102 cm³/mol. The van der Waals surface area contributed by atoms with Gasteiger partial charge in [0.1, 0.15) is 11.5 Å². The van der Waals surface area contributed by atoms with Crippen LogP contribution in [-0.4, -0.2) is 55.9 Å². The van der Waals surface area contributed by atoms with Gasteiger partial charge in [0.15, 0.2) is 0 Å². The van der Waals surface area contributed by atoms with E-state index in [0.29, 0.717) is 6.08 Å². The van der Waals surface area contributed by atoms with Crippen LogP contribution in [0.5, 0.6) is 11.5 Å². The maximum atomic E-state index is 13.5. The molecule has 1 atom stereocenters. The Hall–Kier alpha value is -3.92. The first-order valence-corrected chi connectivity index (χ1v) is 9.76. The lowest BCUT2D eigenvalue weighted by Crippen LogP contribution is -2.41. The highest BCUT2D eigenvalue weighted by molar-refractivity contribution is 5.96. The molecule has 0 bridgehead atoms. The normalized spacial score (nSPS) is 15.1. The zero-order chi connectivity index (χ0) is 27.1. The molecule has 0 aliphatic carbocycles. The van der Waals surface area contributed by atoms with Gasteiger partial charge < -0.3 is 28.5 Å². The van der Waals surface area contributed by atoms with Crippen LogP contribution in [-0.2, 0) is 23.8 Å². The number of benzene rings is 1. The molecular weight excluding hydrogens is 516 g/mol. The number of halogens is 6. The summed E-state index contributed by atoms with van der Waals surface area (Å²) in [6, 6.07) is 1.53. The molecule has 0 radical (unpaired) electrons. The largest absolute Gasteiger partial charge is 0.573 e. The second-order valence-electron chi connectivity index (χ2n) is 6.90. The van der Waals surface area contributed by atoms with E-state index in [0.717, 1.165) is 12.1 Å². The number of ether oxygens (including phenoxy) is 5. The van der Waals surface area contributed by atoms with Gasteiger partial charge in [-0.15, -0.1) is 23.3 Å². The molecular formula is C19H17F6NO10. The van der Waals surface area contributed by atoms with Gasteiger partial charge in [-0.25, -0.2) is 9.59 Å². The molecule has 0 saturated carbocycles. The van der Waals surface area contributed by atoms with Crippen LogP contribution in [0.25, 0.3) is 6.08 Å². The summed E-state index contributed by atoms with van der Waals surface area (Å²) in [6.45, 7) is -0.469. The van der Waals surface area contributed by atoms with Crippen molar-refractivity contribution in [3.8, 4) is 11.5 Å². The Labute approximate surface area is 197 Å². The van der Waals surface area contributed by atoms with Crippen molar-refractivity contribution in [2.24, 2.45) is 0 Å². The lowest BCUT2D eigenvalue weighted by atomic mass is 9.99. The molecule has 17 heteroatoms. The summed E-state index contributed by atoms with van der Waals surface area (Å²) in [5, 5.41) is 8.95. The minimum absolute atomic E-state index is 0.124. The lowest BCUT2D eigenvalue weighted by Gasteiger charge is -2.29. The van der Waals surface area contributed by atoms with Crippen LogP contribution in [0.1, 0.15) is 24.0 Å². The number of hydrogen-bond acceptors (Lipinski definition) is 10. The predicted octanol–water partition coefficient (Wildman–Crippen LogP) is 4.24. The minimum Gasteiger partial charge on any atom is -0.475 e. The molecule has 0 amide bonds. The van der Waals surface area contributed by atoms with Crippen molar-refractivity contribution in [3.63, 3.8) is 0 Å². The molecule has 1 aromatic carbocycles. The monoisotopic (exact) mass is 533 g/mol. The van der Waals surface area contributed by atoms with Gasteiger partial charge in [0.2, 0.25) is 12.9 Å². The van der Waals surface area contributed by atoms with Crippen molar-refractivity contribution in [1.29, 1.82) is 0 Å². The van der Waals surface area contributed by atoms with Gasteiger partial charge in [0, 0.05) is 5.56 Å². The number of fused-ring (bicyclic) bond motifs is 1. The van der Waals surface area contributed by atoms with Gasteiger partial charge in [-0.05, 0) is 43.5 Å². The maximum absolute atomic E-state index is 13.5. The van der Waals surface area contributed by atoms with Crippen molar-refractivity contribution < 1.29 is 69.5 Å². The number of aryl methyl sites for hydroxylation is 1. The third-order valence-electron chi connectivity index (χ3n) is 4.19. The first-order valence-electron chi connectivity index (χ1n) is 9.76. The first kappa shape index (κ1) is 28.3. The van der Waals surface area contributed by atoms with E-state index >= 15 is 0 Å². The van der Waals surface area contributed by atoms with E-state index in [1.54, 1.807) is 0 Å². The number of hydrogen-bond donors (Lipinski definition) is 0. The Balaban J connectivity index is 2.02. The fraction of sp³-hybridized carbons (Fsp3) is 0.474. The average Bonchev–Trinajstić information content (AvgIpc) is 2.73. The first-order chi connectivity index (χ1) is 16.7. The summed E-state index contributed by atoms with van der Waals surface area (Å²) in [7, 11) is 0. The maximum Gasteiger partial charge on any atom is 0.573 e. The van der Waals surface area contributed by atoms with Gasteiger partial charge in [0.25, 0.3) is 5.09 Å². The molecule has 0 spiro atoms. The van der Waals surface area contributed by atoms with Crippen LogP contribution in [0.3, 0.4) is 0 Å². The molecule has 11 nitrogen and oxygen atoms in total. The van der Waals surface area contributed by atoms with Gasteiger partial charge in [-0.1, -0.05) is 0 Å². The van der Waals surface area contributed by atoms with Crippen molar-refractivity contribution in [2.75, 3.05) is 20.0 Å². The van der Waals surface area contributed by atoms with Crippen LogP contribution in [0.2, 0.25) is 0 Å². The third kappa shape index (κ3) is 8.70. The summed E-state index contributed by atoms with van der Waals surface area (Å²) >= 11 is 0. The van der Waals surface area contributed by atoms with E-state index in [2.05, 4.69) is 23.8 Å². The number of esters is 1. The van der Waals surface area contributed by atoms with E-state index in [1.165, 1.54) is 6.92 Å². The topological polar surface area (TPSA) is 133 Å². The zero-order valence-electron chi connectivity index (χ0n) is 18.1. The van der Waals surface area contributed by atoms with E-state index < -0.39 is 59.7 Å². The Morgan fingerprint density at radius 1 is 1.06 bits per heavy atom. The number of carbonyl (C=O) groups is 2. The second kappa shape index (κ2) is 11.7. The number of unbranched alkanes of at least 4 members (excludes halogenated alkanes) is 1.